The molecule has 0 radical (unpaired) electrons. The lowest BCUT2D eigenvalue weighted by Crippen LogP contribution is -2.46. The number of ether oxygens (including phenoxy) is 1. The molecule has 2 N–H and O–H groups in total. The van der Waals surface area contributed by atoms with E-state index in [1.54, 1.807) is 10.9 Å². The summed E-state index contributed by atoms with van der Waals surface area (Å²) in [7, 11) is 3.06. The van der Waals surface area contributed by atoms with E-state index in [9.17, 15) is 9.90 Å². The summed E-state index contributed by atoms with van der Waals surface area (Å²) in [6, 6.07) is -0.126. The van der Waals surface area contributed by atoms with E-state index in [0.29, 0.717) is 0 Å². The van der Waals surface area contributed by atoms with Crippen molar-refractivity contribution in [3.8, 4) is 0 Å². The summed E-state index contributed by atoms with van der Waals surface area (Å²) in [5.41, 5.74) is -1.55. The number of aliphatic hydroxyl groups is 1. The van der Waals surface area contributed by atoms with Gasteiger partial charge in [0.15, 0.2) is 5.60 Å². The molecule has 0 saturated heterocycles. The molecule has 1 aromatic heterocycles. The summed E-state index contributed by atoms with van der Waals surface area (Å²) in [4.78, 5) is 11.3. The number of methoxy groups -OCH3 is 1. The Hall–Kier alpha value is -1.47. The topological polar surface area (TPSA) is 89.3 Å². The van der Waals surface area contributed by atoms with Crippen LogP contribution < -0.4 is 5.32 Å². The van der Waals surface area contributed by atoms with Gasteiger partial charge in [0, 0.05) is 13.6 Å². The molecule has 17 heavy (non-hydrogen) atoms. The predicted octanol–water partition coefficient (Wildman–Crippen LogP) is -0.610. The maximum atomic E-state index is 11.3. The zero-order chi connectivity index (χ0) is 13.1. The van der Waals surface area contributed by atoms with Crippen LogP contribution >= 0.6 is 0 Å². The number of esters is 1. The molecule has 0 aromatic carbocycles. The van der Waals surface area contributed by atoms with E-state index in [-0.39, 0.29) is 12.6 Å². The number of hydrogen-bond donors (Lipinski definition) is 2. The minimum atomic E-state index is -1.55. The van der Waals surface area contributed by atoms with E-state index in [1.807, 2.05) is 14.0 Å². The Labute approximate surface area is 99.8 Å². The Morgan fingerprint density at radius 3 is 2.88 bits per heavy atom. The molecule has 96 valence electrons. The Morgan fingerprint density at radius 1 is 1.76 bits per heavy atom. The highest BCUT2D eigenvalue weighted by molar-refractivity contribution is 5.78. The molecular weight excluding hydrogens is 224 g/mol. The zero-order valence-electron chi connectivity index (χ0n) is 10.5. The number of aryl methyl sites for hydroxylation is 1. The van der Waals surface area contributed by atoms with Gasteiger partial charge < -0.3 is 19.7 Å². The summed E-state index contributed by atoms with van der Waals surface area (Å²) in [6.07, 6.45) is 1.59. The maximum absolute atomic E-state index is 11.3. The van der Waals surface area contributed by atoms with E-state index < -0.39 is 11.6 Å². The lowest BCUT2D eigenvalue weighted by Gasteiger charge is -2.22. The molecule has 0 saturated carbocycles. The van der Waals surface area contributed by atoms with Crippen molar-refractivity contribution >= 4 is 5.97 Å². The number of nitrogens with zero attached hydrogens (tertiary/aromatic N) is 3. The smallest absolute Gasteiger partial charge is 0.338 e. The molecule has 1 aromatic rings. The van der Waals surface area contributed by atoms with Crippen LogP contribution in [0.3, 0.4) is 0 Å². The normalized spacial score (nSPS) is 16.3. The lowest BCUT2D eigenvalue weighted by atomic mass is 10.1. The number of hydrogen-bond acceptors (Lipinski definition) is 6. The van der Waals surface area contributed by atoms with E-state index in [4.69, 9.17) is 0 Å². The minimum Gasteiger partial charge on any atom is -0.467 e. The number of carbonyl (C=O) groups is 1. The van der Waals surface area contributed by atoms with E-state index in [0.717, 1.165) is 5.82 Å². The van der Waals surface area contributed by atoms with Crippen molar-refractivity contribution < 1.29 is 14.6 Å². The van der Waals surface area contributed by atoms with Crippen molar-refractivity contribution in [2.24, 2.45) is 7.05 Å². The SMILES string of the molecule is COC(=O)C(C)(O)CNC(C)c1nncn1C. The fraction of sp³-hybridized carbons (Fsp3) is 0.700. The third kappa shape index (κ3) is 3.24. The Kier molecular flexibility index (Phi) is 4.19. The van der Waals surface area contributed by atoms with Crippen LogP contribution in [-0.4, -0.2) is 45.1 Å². The van der Waals surface area contributed by atoms with Crippen LogP contribution in [0.4, 0.5) is 0 Å². The minimum absolute atomic E-state index is 0.0771. The highest BCUT2D eigenvalue weighted by Gasteiger charge is 2.31. The van der Waals surface area contributed by atoms with Crippen LogP contribution in [0.25, 0.3) is 0 Å². The van der Waals surface area contributed by atoms with Crippen molar-refractivity contribution in [3.05, 3.63) is 12.2 Å². The molecule has 7 heteroatoms. The largest absolute Gasteiger partial charge is 0.467 e. The molecule has 0 aliphatic rings. The van der Waals surface area contributed by atoms with Crippen LogP contribution in [0.5, 0.6) is 0 Å². The van der Waals surface area contributed by atoms with Gasteiger partial charge in [0.2, 0.25) is 0 Å². The highest BCUT2D eigenvalue weighted by Crippen LogP contribution is 2.10. The quantitative estimate of drug-likeness (QED) is 0.670. The fourth-order valence-corrected chi connectivity index (χ4v) is 1.42. The molecule has 0 aliphatic heterocycles. The molecule has 7 nitrogen and oxygen atoms in total. The number of rotatable bonds is 5. The predicted molar refractivity (Wildman–Crippen MR) is 60.1 cm³/mol. The first kappa shape index (κ1) is 13.6. The third-order valence-electron chi connectivity index (χ3n) is 2.51. The molecule has 0 aliphatic carbocycles. The summed E-state index contributed by atoms with van der Waals surface area (Å²) in [5, 5.41) is 20.5. The van der Waals surface area contributed by atoms with Crippen molar-refractivity contribution in [1.29, 1.82) is 0 Å². The molecule has 0 amide bonds. The van der Waals surface area contributed by atoms with Gasteiger partial charge in [-0.2, -0.15) is 0 Å². The summed E-state index contributed by atoms with van der Waals surface area (Å²) < 4.78 is 6.27. The zero-order valence-corrected chi connectivity index (χ0v) is 10.5. The van der Waals surface area contributed by atoms with Gasteiger partial charge >= 0.3 is 5.97 Å². The third-order valence-corrected chi connectivity index (χ3v) is 2.51. The van der Waals surface area contributed by atoms with Crippen LogP contribution in [-0.2, 0) is 16.6 Å². The maximum Gasteiger partial charge on any atom is 0.338 e. The average Bonchev–Trinajstić information content (AvgIpc) is 2.71. The van der Waals surface area contributed by atoms with Crippen LogP contribution in [0.1, 0.15) is 25.7 Å². The molecule has 2 unspecified atom stereocenters. The summed E-state index contributed by atoms with van der Waals surface area (Å²) in [5.74, 6) is 0.0563. The monoisotopic (exact) mass is 242 g/mol. The summed E-state index contributed by atoms with van der Waals surface area (Å²) in [6.45, 7) is 3.35. The Balaban J connectivity index is 2.57. The van der Waals surface area contributed by atoms with Crippen molar-refractivity contribution in [3.63, 3.8) is 0 Å². The second-order valence-corrected chi connectivity index (χ2v) is 4.17. The Morgan fingerprint density at radius 2 is 2.41 bits per heavy atom. The van der Waals surface area contributed by atoms with Crippen molar-refractivity contribution in [1.82, 2.24) is 20.1 Å². The van der Waals surface area contributed by atoms with Gasteiger partial charge in [-0.3, -0.25) is 0 Å². The van der Waals surface area contributed by atoms with E-state index >= 15 is 0 Å². The van der Waals surface area contributed by atoms with Crippen molar-refractivity contribution in [2.75, 3.05) is 13.7 Å². The molecule has 1 rings (SSSR count). The van der Waals surface area contributed by atoms with Gasteiger partial charge in [0.25, 0.3) is 0 Å². The number of carbonyl (C=O) groups excluding carboxylic acids is 1. The first-order valence-electron chi connectivity index (χ1n) is 5.26. The van der Waals surface area contributed by atoms with Gasteiger partial charge in [0.1, 0.15) is 12.2 Å². The standard InChI is InChI=1S/C10H18N4O3/c1-7(8-13-12-6-14(8)3)11-5-10(2,16)9(15)17-4/h6-7,11,16H,5H2,1-4H3. The van der Waals surface area contributed by atoms with Gasteiger partial charge in [0.05, 0.1) is 13.2 Å². The fourth-order valence-electron chi connectivity index (χ4n) is 1.42. The Bertz CT molecular complexity index is 389. The molecule has 2 atom stereocenters. The number of aromatic nitrogens is 3. The highest BCUT2D eigenvalue weighted by atomic mass is 16.5. The second kappa shape index (κ2) is 5.24. The molecular formula is C10H18N4O3. The van der Waals surface area contributed by atoms with Crippen LogP contribution in [0, 0.1) is 0 Å². The van der Waals surface area contributed by atoms with Gasteiger partial charge in [-0.15, -0.1) is 10.2 Å². The lowest BCUT2D eigenvalue weighted by molar-refractivity contribution is -0.160. The molecule has 0 fully saturated rings. The van der Waals surface area contributed by atoms with E-state index in [2.05, 4.69) is 20.3 Å². The van der Waals surface area contributed by atoms with Gasteiger partial charge in [-0.1, -0.05) is 0 Å². The van der Waals surface area contributed by atoms with Gasteiger partial charge in [-0.05, 0) is 13.8 Å². The first-order valence-corrected chi connectivity index (χ1v) is 5.26. The molecule has 1 heterocycles. The van der Waals surface area contributed by atoms with Gasteiger partial charge in [-0.25, -0.2) is 4.79 Å². The number of nitrogens with one attached hydrogen (secondary N) is 1. The van der Waals surface area contributed by atoms with Crippen LogP contribution in [0.15, 0.2) is 6.33 Å². The first-order chi connectivity index (χ1) is 7.88. The molecule has 0 spiro atoms. The van der Waals surface area contributed by atoms with E-state index in [1.165, 1.54) is 14.0 Å². The molecule has 0 bridgehead atoms. The van der Waals surface area contributed by atoms with Crippen molar-refractivity contribution in [2.45, 2.75) is 25.5 Å². The average molecular weight is 242 g/mol. The van der Waals surface area contributed by atoms with Crippen LogP contribution in [0.2, 0.25) is 0 Å². The second-order valence-electron chi connectivity index (χ2n) is 4.17. The summed E-state index contributed by atoms with van der Waals surface area (Å²) >= 11 is 0.